The molecule has 0 saturated carbocycles. The molecule has 0 aliphatic rings. The van der Waals surface area contributed by atoms with Gasteiger partial charge >= 0.3 is 0 Å². The van der Waals surface area contributed by atoms with Crippen molar-refractivity contribution in [3.05, 3.63) is 94.5 Å². The summed E-state index contributed by atoms with van der Waals surface area (Å²) in [6.45, 7) is 0.179. The normalized spacial score (nSPS) is 11.6. The second-order valence-electron chi connectivity index (χ2n) is 6.64. The third kappa shape index (κ3) is 5.85. The maximum absolute atomic E-state index is 13.1. The van der Waals surface area contributed by atoms with E-state index in [1.165, 1.54) is 18.2 Å². The summed E-state index contributed by atoms with van der Waals surface area (Å²) in [6, 6.07) is 13.6. The second-order valence-corrected chi connectivity index (χ2v) is 7.04. The van der Waals surface area contributed by atoms with Gasteiger partial charge in [0.15, 0.2) is 0 Å². The van der Waals surface area contributed by atoms with Crippen molar-refractivity contribution >= 4 is 29.1 Å². The van der Waals surface area contributed by atoms with Gasteiger partial charge < -0.3 is 16.4 Å². The number of hydrogen-bond acceptors (Lipinski definition) is 4. The molecule has 4 N–H and O–H groups in total. The fraction of sp³-hybridized carbons (Fsp3) is 0.136. The van der Waals surface area contributed by atoms with Crippen molar-refractivity contribution in [3.63, 3.8) is 0 Å². The molecule has 0 aliphatic carbocycles. The Morgan fingerprint density at radius 1 is 1.07 bits per heavy atom. The standard InChI is InChI=1S/C22H20ClFN4O2/c23-19-11-17(24)6-5-16(19)13-27-21(29)12-20(25)14-1-3-15(4-2-14)22(30)28-18-7-9-26-10-8-18/h1-11,20H,12-13,25H2,(H,27,29)(H,26,28,30). The largest absolute Gasteiger partial charge is 0.352 e. The SMILES string of the molecule is NC(CC(=O)NCc1ccc(F)cc1Cl)c1ccc(C(=O)Nc2ccncc2)cc1. The van der Waals surface area contributed by atoms with E-state index in [9.17, 15) is 14.0 Å². The van der Waals surface area contributed by atoms with Gasteiger partial charge in [-0.15, -0.1) is 0 Å². The maximum atomic E-state index is 13.1. The molecule has 3 aromatic rings. The zero-order valence-electron chi connectivity index (χ0n) is 15.9. The number of nitrogens with zero attached hydrogens (tertiary/aromatic N) is 1. The highest BCUT2D eigenvalue weighted by atomic mass is 35.5. The van der Waals surface area contributed by atoms with Crippen LogP contribution >= 0.6 is 11.6 Å². The van der Waals surface area contributed by atoms with Crippen LogP contribution in [0.5, 0.6) is 0 Å². The summed E-state index contributed by atoms with van der Waals surface area (Å²) in [5.41, 5.74) is 8.58. The number of rotatable bonds is 7. The molecule has 1 atom stereocenters. The van der Waals surface area contributed by atoms with Crippen LogP contribution in [0.15, 0.2) is 67.0 Å². The quantitative estimate of drug-likeness (QED) is 0.534. The van der Waals surface area contributed by atoms with Gasteiger partial charge in [0.05, 0.1) is 0 Å². The van der Waals surface area contributed by atoms with E-state index in [2.05, 4.69) is 15.6 Å². The number of hydrogen-bond donors (Lipinski definition) is 3. The monoisotopic (exact) mass is 426 g/mol. The number of halogens is 2. The van der Waals surface area contributed by atoms with Gasteiger partial charge in [-0.1, -0.05) is 29.8 Å². The summed E-state index contributed by atoms with van der Waals surface area (Å²) in [7, 11) is 0. The molecular formula is C22H20ClFN4O2. The number of anilines is 1. The number of carbonyl (C=O) groups is 2. The van der Waals surface area contributed by atoms with Crippen molar-refractivity contribution in [1.82, 2.24) is 10.3 Å². The third-order valence-corrected chi connectivity index (χ3v) is 4.79. The molecule has 1 heterocycles. The van der Waals surface area contributed by atoms with Crippen molar-refractivity contribution in [1.29, 1.82) is 0 Å². The molecule has 0 spiro atoms. The van der Waals surface area contributed by atoms with Crippen LogP contribution in [0.4, 0.5) is 10.1 Å². The van der Waals surface area contributed by atoms with Crippen molar-refractivity contribution in [2.75, 3.05) is 5.32 Å². The van der Waals surface area contributed by atoms with Gasteiger partial charge in [0, 0.05) is 47.7 Å². The lowest BCUT2D eigenvalue weighted by atomic mass is 10.0. The number of benzene rings is 2. The first kappa shape index (κ1) is 21.4. The fourth-order valence-electron chi connectivity index (χ4n) is 2.77. The number of nitrogens with two attached hydrogens (primary N) is 1. The summed E-state index contributed by atoms with van der Waals surface area (Å²) >= 11 is 5.95. The van der Waals surface area contributed by atoms with Gasteiger partial charge in [0.1, 0.15) is 5.82 Å². The van der Waals surface area contributed by atoms with E-state index in [1.54, 1.807) is 48.8 Å². The first-order valence-corrected chi connectivity index (χ1v) is 9.57. The van der Waals surface area contributed by atoms with E-state index >= 15 is 0 Å². The lowest BCUT2D eigenvalue weighted by Gasteiger charge is -2.13. The van der Waals surface area contributed by atoms with Crippen LogP contribution in [0.1, 0.15) is 33.9 Å². The Morgan fingerprint density at radius 3 is 2.43 bits per heavy atom. The van der Waals surface area contributed by atoms with Crippen LogP contribution in [-0.2, 0) is 11.3 Å². The summed E-state index contributed by atoms with van der Waals surface area (Å²) in [5.74, 6) is -0.951. The molecule has 0 bridgehead atoms. The zero-order chi connectivity index (χ0) is 21.5. The topological polar surface area (TPSA) is 97.1 Å². The van der Waals surface area contributed by atoms with Crippen LogP contribution in [0.3, 0.4) is 0 Å². The fourth-order valence-corrected chi connectivity index (χ4v) is 3.00. The van der Waals surface area contributed by atoms with Crippen LogP contribution in [0.2, 0.25) is 5.02 Å². The van der Waals surface area contributed by atoms with E-state index in [4.69, 9.17) is 17.3 Å². The molecule has 1 aromatic heterocycles. The molecule has 0 saturated heterocycles. The highest BCUT2D eigenvalue weighted by Crippen LogP contribution is 2.18. The van der Waals surface area contributed by atoms with Gasteiger partial charge in [-0.3, -0.25) is 14.6 Å². The number of amides is 2. The molecule has 8 heteroatoms. The van der Waals surface area contributed by atoms with Crippen LogP contribution in [0, 0.1) is 5.82 Å². The molecule has 0 aliphatic heterocycles. The molecule has 2 amide bonds. The van der Waals surface area contributed by atoms with E-state index in [0.717, 1.165) is 5.56 Å². The van der Waals surface area contributed by atoms with Crippen LogP contribution in [0.25, 0.3) is 0 Å². The van der Waals surface area contributed by atoms with E-state index in [1.807, 2.05) is 0 Å². The lowest BCUT2D eigenvalue weighted by molar-refractivity contribution is -0.121. The van der Waals surface area contributed by atoms with Crippen LogP contribution < -0.4 is 16.4 Å². The van der Waals surface area contributed by atoms with Crippen molar-refractivity contribution < 1.29 is 14.0 Å². The Balaban J connectivity index is 1.53. The van der Waals surface area contributed by atoms with Gasteiger partial charge in [-0.05, 0) is 47.5 Å². The Hall–Kier alpha value is -3.29. The number of aromatic nitrogens is 1. The first-order valence-electron chi connectivity index (χ1n) is 9.20. The molecule has 0 fully saturated rings. The smallest absolute Gasteiger partial charge is 0.255 e. The molecular weight excluding hydrogens is 407 g/mol. The highest BCUT2D eigenvalue weighted by molar-refractivity contribution is 6.31. The van der Waals surface area contributed by atoms with E-state index < -0.39 is 11.9 Å². The summed E-state index contributed by atoms with van der Waals surface area (Å²) in [4.78, 5) is 28.4. The molecule has 0 radical (unpaired) electrons. The second kappa shape index (κ2) is 9.96. The van der Waals surface area contributed by atoms with Gasteiger partial charge in [-0.25, -0.2) is 4.39 Å². The minimum Gasteiger partial charge on any atom is -0.352 e. The minimum atomic E-state index is -0.536. The molecule has 154 valence electrons. The average Bonchev–Trinajstić information content (AvgIpc) is 2.74. The Kier molecular flexibility index (Phi) is 7.11. The molecule has 6 nitrogen and oxygen atoms in total. The van der Waals surface area contributed by atoms with Crippen molar-refractivity contribution in [2.24, 2.45) is 5.73 Å². The predicted molar refractivity (Wildman–Crippen MR) is 113 cm³/mol. The van der Waals surface area contributed by atoms with E-state index in [0.29, 0.717) is 16.8 Å². The maximum Gasteiger partial charge on any atom is 0.255 e. The Bertz CT molecular complexity index is 1030. The first-order chi connectivity index (χ1) is 14.4. The van der Waals surface area contributed by atoms with Gasteiger partial charge in [0.2, 0.25) is 5.91 Å². The Labute approximate surface area is 178 Å². The zero-order valence-corrected chi connectivity index (χ0v) is 16.7. The molecule has 2 aromatic carbocycles. The number of carbonyl (C=O) groups excluding carboxylic acids is 2. The highest BCUT2D eigenvalue weighted by Gasteiger charge is 2.14. The number of pyridine rings is 1. The average molecular weight is 427 g/mol. The molecule has 1 unspecified atom stereocenters. The lowest BCUT2D eigenvalue weighted by Crippen LogP contribution is -2.27. The van der Waals surface area contributed by atoms with Crippen molar-refractivity contribution in [3.8, 4) is 0 Å². The van der Waals surface area contributed by atoms with E-state index in [-0.39, 0.29) is 29.8 Å². The van der Waals surface area contributed by atoms with Crippen molar-refractivity contribution in [2.45, 2.75) is 19.0 Å². The molecule has 30 heavy (non-hydrogen) atoms. The number of nitrogens with one attached hydrogen (secondary N) is 2. The van der Waals surface area contributed by atoms with Gasteiger partial charge in [-0.2, -0.15) is 0 Å². The minimum absolute atomic E-state index is 0.0569. The Morgan fingerprint density at radius 2 is 1.77 bits per heavy atom. The summed E-state index contributed by atoms with van der Waals surface area (Å²) < 4.78 is 13.1. The summed E-state index contributed by atoms with van der Waals surface area (Å²) in [5, 5.41) is 5.74. The predicted octanol–water partition coefficient (Wildman–Crippen LogP) is 3.83. The summed E-state index contributed by atoms with van der Waals surface area (Å²) in [6.07, 6.45) is 3.24. The van der Waals surface area contributed by atoms with Gasteiger partial charge in [0.25, 0.3) is 5.91 Å². The third-order valence-electron chi connectivity index (χ3n) is 4.44. The molecule has 3 rings (SSSR count). The van der Waals surface area contributed by atoms with Crippen LogP contribution in [-0.4, -0.2) is 16.8 Å².